The lowest BCUT2D eigenvalue weighted by molar-refractivity contribution is -0.115. The maximum Gasteiger partial charge on any atom is 0.335 e. The zero-order chi connectivity index (χ0) is 27.4. The Balaban J connectivity index is 1.36. The molecule has 6 nitrogen and oxygen atoms in total. The van der Waals surface area contributed by atoms with Crippen molar-refractivity contribution in [2.45, 2.75) is 31.7 Å². The van der Waals surface area contributed by atoms with Gasteiger partial charge in [-0.2, -0.15) is 0 Å². The van der Waals surface area contributed by atoms with E-state index < -0.39 is 5.97 Å². The number of carboxylic acids is 1. The first-order chi connectivity index (χ1) is 18.9. The van der Waals surface area contributed by atoms with E-state index >= 15 is 0 Å². The molecule has 0 unspecified atom stereocenters. The first-order valence-corrected chi connectivity index (χ1v) is 13.8. The van der Waals surface area contributed by atoms with Crippen molar-refractivity contribution < 1.29 is 14.7 Å². The molecule has 1 amide bonds. The van der Waals surface area contributed by atoms with Crippen LogP contribution in [0.4, 0.5) is 5.69 Å². The molecule has 0 aliphatic carbocycles. The van der Waals surface area contributed by atoms with Crippen molar-refractivity contribution in [2.24, 2.45) is 0 Å². The summed E-state index contributed by atoms with van der Waals surface area (Å²) in [5.74, 6) is 0.820. The van der Waals surface area contributed by atoms with Crippen LogP contribution in [0.3, 0.4) is 0 Å². The number of nitrogens with one attached hydrogen (secondary N) is 1. The Labute approximate surface area is 231 Å². The number of thioether (sulfide) groups is 1. The molecule has 0 atom stereocenters. The minimum atomic E-state index is -0.942. The van der Waals surface area contributed by atoms with Crippen molar-refractivity contribution in [1.29, 1.82) is 0 Å². The van der Waals surface area contributed by atoms with Gasteiger partial charge >= 0.3 is 5.97 Å². The average Bonchev–Trinajstić information content (AvgIpc) is 3.28. The largest absolute Gasteiger partial charge is 0.478 e. The summed E-state index contributed by atoms with van der Waals surface area (Å²) in [7, 11) is 0. The van der Waals surface area contributed by atoms with Crippen LogP contribution in [0, 0.1) is 6.92 Å². The van der Waals surface area contributed by atoms with Crippen LogP contribution in [0.5, 0.6) is 0 Å². The fourth-order valence-electron chi connectivity index (χ4n) is 4.51. The quantitative estimate of drug-likeness (QED) is 0.198. The number of hydrogen-bond acceptors (Lipinski definition) is 4. The molecule has 0 radical (unpaired) electrons. The summed E-state index contributed by atoms with van der Waals surface area (Å²) in [5.41, 5.74) is 6.89. The number of benzene rings is 4. The van der Waals surface area contributed by atoms with E-state index in [0.29, 0.717) is 13.0 Å². The number of carbonyl (C=O) groups excluding carboxylic acids is 1. The number of aromatic carboxylic acids is 1. The highest BCUT2D eigenvalue weighted by Gasteiger charge is 2.14. The Bertz CT molecular complexity index is 1620. The van der Waals surface area contributed by atoms with Gasteiger partial charge in [-0.25, -0.2) is 9.78 Å². The van der Waals surface area contributed by atoms with Crippen molar-refractivity contribution in [3.05, 3.63) is 113 Å². The van der Waals surface area contributed by atoms with E-state index in [0.717, 1.165) is 50.6 Å². The molecule has 0 fully saturated rings. The van der Waals surface area contributed by atoms with Crippen LogP contribution in [0.2, 0.25) is 0 Å². The molecule has 0 saturated carbocycles. The lowest BCUT2D eigenvalue weighted by Gasteiger charge is -2.11. The molecule has 2 N–H and O–H groups in total. The molecule has 1 aromatic heterocycles. The fraction of sp³-hybridized carbons (Fsp3) is 0.156. The first-order valence-electron chi connectivity index (χ1n) is 12.8. The monoisotopic (exact) mass is 535 g/mol. The zero-order valence-corrected chi connectivity index (χ0v) is 22.7. The summed E-state index contributed by atoms with van der Waals surface area (Å²) < 4.78 is 2.15. The standard InChI is InChI=1S/C32H29N3O3S/c1-3-39-27-15-7-22(8-16-27)19-30(36)33-26-13-11-24(12-14-26)31-34-28-17-4-21(2)18-29(28)35(31)20-23-5-9-25(10-6-23)32(37)38/h4-18H,3,19-20H2,1-2H3,(H,33,36)(H,37,38). The minimum absolute atomic E-state index is 0.0637. The van der Waals surface area contributed by atoms with Crippen LogP contribution < -0.4 is 5.32 Å². The number of aryl methyl sites for hydroxylation is 1. The molecule has 5 aromatic rings. The van der Waals surface area contributed by atoms with E-state index in [1.54, 1.807) is 23.9 Å². The third-order valence-corrected chi connectivity index (χ3v) is 7.37. The highest BCUT2D eigenvalue weighted by Crippen LogP contribution is 2.28. The number of imidazole rings is 1. The second-order valence-electron chi connectivity index (χ2n) is 9.40. The fourth-order valence-corrected chi connectivity index (χ4v) is 5.17. The maximum absolute atomic E-state index is 12.7. The second-order valence-corrected chi connectivity index (χ2v) is 10.7. The predicted molar refractivity (Wildman–Crippen MR) is 158 cm³/mol. The highest BCUT2D eigenvalue weighted by molar-refractivity contribution is 7.99. The smallest absolute Gasteiger partial charge is 0.335 e. The van der Waals surface area contributed by atoms with Gasteiger partial charge in [0.1, 0.15) is 5.82 Å². The molecule has 4 aromatic carbocycles. The number of hydrogen-bond donors (Lipinski definition) is 2. The van der Waals surface area contributed by atoms with Crippen LogP contribution in [0.1, 0.15) is 34.0 Å². The van der Waals surface area contributed by atoms with Crippen molar-refractivity contribution in [1.82, 2.24) is 9.55 Å². The van der Waals surface area contributed by atoms with Crippen molar-refractivity contribution in [3.8, 4) is 11.4 Å². The molecule has 0 aliphatic heterocycles. The average molecular weight is 536 g/mol. The molecule has 0 spiro atoms. The van der Waals surface area contributed by atoms with Gasteiger partial charge < -0.3 is 15.0 Å². The number of carboxylic acid groups (broad SMARTS) is 1. The third-order valence-electron chi connectivity index (χ3n) is 6.47. The van der Waals surface area contributed by atoms with Gasteiger partial charge in [-0.15, -0.1) is 11.8 Å². The van der Waals surface area contributed by atoms with Crippen LogP contribution in [-0.2, 0) is 17.8 Å². The second kappa shape index (κ2) is 11.6. The van der Waals surface area contributed by atoms with E-state index in [1.165, 1.54) is 4.90 Å². The van der Waals surface area contributed by atoms with Crippen LogP contribution >= 0.6 is 11.8 Å². The van der Waals surface area contributed by atoms with E-state index in [1.807, 2.05) is 67.6 Å². The maximum atomic E-state index is 12.7. The Morgan fingerprint density at radius 2 is 1.59 bits per heavy atom. The van der Waals surface area contributed by atoms with Crippen molar-refractivity contribution in [3.63, 3.8) is 0 Å². The normalized spacial score (nSPS) is 11.0. The summed E-state index contributed by atoms with van der Waals surface area (Å²) in [5, 5.41) is 12.2. The summed E-state index contributed by atoms with van der Waals surface area (Å²) >= 11 is 1.78. The van der Waals surface area contributed by atoms with Crippen LogP contribution in [0.25, 0.3) is 22.4 Å². The summed E-state index contributed by atoms with van der Waals surface area (Å²) in [4.78, 5) is 30.0. The van der Waals surface area contributed by atoms with Gasteiger partial charge in [-0.05, 0) is 90.0 Å². The highest BCUT2D eigenvalue weighted by atomic mass is 32.2. The molecule has 0 saturated heterocycles. The topological polar surface area (TPSA) is 84.2 Å². The molecule has 196 valence electrons. The Morgan fingerprint density at radius 3 is 2.26 bits per heavy atom. The molecular weight excluding hydrogens is 506 g/mol. The number of amides is 1. The molecular formula is C32H29N3O3S. The van der Waals surface area contributed by atoms with Gasteiger partial charge in [0.25, 0.3) is 0 Å². The molecule has 5 rings (SSSR count). The zero-order valence-electron chi connectivity index (χ0n) is 21.8. The number of nitrogens with zero attached hydrogens (tertiary/aromatic N) is 2. The van der Waals surface area contributed by atoms with Crippen LogP contribution in [-0.4, -0.2) is 32.3 Å². The van der Waals surface area contributed by atoms with Gasteiger partial charge in [0.05, 0.1) is 23.0 Å². The first kappa shape index (κ1) is 26.3. The van der Waals surface area contributed by atoms with E-state index in [2.05, 4.69) is 35.0 Å². The van der Waals surface area contributed by atoms with Crippen LogP contribution in [0.15, 0.2) is 95.9 Å². The molecule has 0 bridgehead atoms. The summed E-state index contributed by atoms with van der Waals surface area (Å²) in [6, 6.07) is 28.9. The number of carbonyl (C=O) groups is 2. The Morgan fingerprint density at radius 1 is 0.897 bits per heavy atom. The molecule has 1 heterocycles. The van der Waals surface area contributed by atoms with Gasteiger partial charge in [0.2, 0.25) is 5.91 Å². The number of fused-ring (bicyclic) bond motifs is 1. The molecule has 0 aliphatic rings. The molecule has 7 heteroatoms. The molecule has 39 heavy (non-hydrogen) atoms. The summed E-state index contributed by atoms with van der Waals surface area (Å²) in [6.45, 7) is 4.72. The van der Waals surface area contributed by atoms with Gasteiger partial charge in [0, 0.05) is 22.7 Å². The Hall–Kier alpha value is -4.36. The lowest BCUT2D eigenvalue weighted by Crippen LogP contribution is -2.14. The van der Waals surface area contributed by atoms with Gasteiger partial charge in [0.15, 0.2) is 0 Å². The SMILES string of the molecule is CCSc1ccc(CC(=O)Nc2ccc(-c3nc4ccc(C)cc4n3Cc3ccc(C(=O)O)cc3)cc2)cc1. The number of rotatable bonds is 9. The lowest BCUT2D eigenvalue weighted by atomic mass is 10.1. The van der Waals surface area contributed by atoms with E-state index in [4.69, 9.17) is 4.98 Å². The van der Waals surface area contributed by atoms with Crippen molar-refractivity contribution in [2.75, 3.05) is 11.1 Å². The minimum Gasteiger partial charge on any atom is -0.478 e. The van der Waals surface area contributed by atoms with Gasteiger partial charge in [-0.3, -0.25) is 4.79 Å². The number of anilines is 1. The summed E-state index contributed by atoms with van der Waals surface area (Å²) in [6.07, 6.45) is 0.314. The third kappa shape index (κ3) is 6.21. The van der Waals surface area contributed by atoms with E-state index in [-0.39, 0.29) is 11.5 Å². The predicted octanol–water partition coefficient (Wildman–Crippen LogP) is 7.05. The number of aromatic nitrogens is 2. The Kier molecular flexibility index (Phi) is 7.79. The van der Waals surface area contributed by atoms with Gasteiger partial charge in [-0.1, -0.05) is 37.3 Å². The van der Waals surface area contributed by atoms with Crippen molar-refractivity contribution >= 4 is 40.4 Å². The van der Waals surface area contributed by atoms with E-state index in [9.17, 15) is 14.7 Å².